The molecule has 0 bridgehead atoms. The Hall–Kier alpha value is -3.32. The second-order valence-corrected chi connectivity index (χ2v) is 10.4. The lowest BCUT2D eigenvalue weighted by Crippen LogP contribution is -2.57. The minimum atomic E-state index is 0.211. The van der Waals surface area contributed by atoms with Gasteiger partial charge in [-0.15, -0.1) is 0 Å². The highest BCUT2D eigenvalue weighted by Crippen LogP contribution is 2.17. The Kier molecular flexibility index (Phi) is 7.17. The van der Waals surface area contributed by atoms with E-state index in [1.54, 1.807) is 0 Å². The van der Waals surface area contributed by atoms with Crippen molar-refractivity contribution in [1.29, 1.82) is 0 Å². The predicted octanol–water partition coefficient (Wildman–Crippen LogP) is 6.84. The quantitative estimate of drug-likeness (QED) is 0.228. The second-order valence-electron chi connectivity index (χ2n) is 10.4. The maximum absolute atomic E-state index is 2.35. The first-order chi connectivity index (χ1) is 16.7. The van der Waals surface area contributed by atoms with Crippen LogP contribution in [0.3, 0.4) is 0 Å². The molecule has 0 fully saturated rings. The zero-order valence-electron chi connectivity index (χ0n) is 22.6. The first kappa shape index (κ1) is 24.8. The van der Waals surface area contributed by atoms with Crippen molar-refractivity contribution in [2.75, 3.05) is 0 Å². The molecule has 0 N–H and O–H groups in total. The summed E-state index contributed by atoms with van der Waals surface area (Å²) in [4.78, 5) is 0. The lowest BCUT2D eigenvalue weighted by atomic mass is 9.33. The first-order valence-corrected chi connectivity index (χ1v) is 12.7. The number of benzene rings is 4. The monoisotopic (exact) mass is 456 g/mol. The molecule has 4 aromatic carbocycles. The average molecular weight is 456 g/mol. The average Bonchev–Trinajstić information content (AvgIpc) is 2.76. The molecule has 0 atom stereocenters. The molecule has 176 valence electrons. The molecule has 0 heterocycles. The Morgan fingerprint density at radius 3 is 1.17 bits per heavy atom. The van der Waals surface area contributed by atoms with E-state index in [1.807, 2.05) is 0 Å². The topological polar surface area (TPSA) is 0 Å². The predicted molar refractivity (Wildman–Crippen MR) is 157 cm³/mol. The standard InChI is InChI=1S/C34H37B/c1-22-16-24(3)32(25(4)17-22)35(33-26(5)18-23(2)19-27(33)6)34-28(7)20-31(21-29(34)8)15-14-30-12-10-9-11-13-30/h9-21H,1-8H3/b15-14+. The fraction of sp³-hybridized carbons (Fsp3) is 0.235. The number of hydrogen-bond acceptors (Lipinski definition) is 0. The molecule has 0 aliphatic heterocycles. The van der Waals surface area contributed by atoms with Gasteiger partial charge in [-0.2, -0.15) is 0 Å². The van der Waals surface area contributed by atoms with Crippen LogP contribution >= 0.6 is 0 Å². The third-order valence-corrected chi connectivity index (χ3v) is 7.23. The van der Waals surface area contributed by atoms with Gasteiger partial charge in [0.05, 0.1) is 0 Å². The molecule has 35 heavy (non-hydrogen) atoms. The number of aryl methyl sites for hydroxylation is 8. The molecule has 4 rings (SSSR count). The van der Waals surface area contributed by atoms with Crippen molar-refractivity contribution in [1.82, 2.24) is 0 Å². The highest BCUT2D eigenvalue weighted by atomic mass is 14.1. The Labute approximate surface area is 212 Å². The van der Waals surface area contributed by atoms with Crippen LogP contribution in [0.4, 0.5) is 0 Å². The molecule has 0 amide bonds. The van der Waals surface area contributed by atoms with Gasteiger partial charge in [-0.05, 0) is 66.5 Å². The van der Waals surface area contributed by atoms with E-state index in [0.29, 0.717) is 0 Å². The van der Waals surface area contributed by atoms with Gasteiger partial charge >= 0.3 is 0 Å². The second kappa shape index (κ2) is 10.1. The van der Waals surface area contributed by atoms with Crippen molar-refractivity contribution in [2.45, 2.75) is 55.4 Å². The minimum absolute atomic E-state index is 0.211. The third kappa shape index (κ3) is 5.20. The van der Waals surface area contributed by atoms with Crippen LogP contribution in [-0.4, -0.2) is 6.71 Å². The van der Waals surface area contributed by atoms with Crippen LogP contribution < -0.4 is 16.4 Å². The van der Waals surface area contributed by atoms with Crippen LogP contribution in [0.1, 0.15) is 55.6 Å². The normalized spacial score (nSPS) is 11.3. The van der Waals surface area contributed by atoms with Gasteiger partial charge < -0.3 is 0 Å². The van der Waals surface area contributed by atoms with Crippen LogP contribution in [0.25, 0.3) is 12.2 Å². The Morgan fingerprint density at radius 1 is 0.429 bits per heavy atom. The van der Waals surface area contributed by atoms with Gasteiger partial charge in [0.25, 0.3) is 0 Å². The van der Waals surface area contributed by atoms with E-state index in [9.17, 15) is 0 Å². The van der Waals surface area contributed by atoms with Crippen molar-refractivity contribution < 1.29 is 0 Å². The zero-order valence-corrected chi connectivity index (χ0v) is 22.6. The fourth-order valence-electron chi connectivity index (χ4n) is 6.04. The summed E-state index contributed by atoms with van der Waals surface area (Å²) in [6.45, 7) is 18.3. The van der Waals surface area contributed by atoms with Gasteiger partial charge in [0, 0.05) is 0 Å². The van der Waals surface area contributed by atoms with Crippen LogP contribution in [0.5, 0.6) is 0 Å². The summed E-state index contributed by atoms with van der Waals surface area (Å²) >= 11 is 0. The van der Waals surface area contributed by atoms with Crippen molar-refractivity contribution in [3.63, 3.8) is 0 Å². The summed E-state index contributed by atoms with van der Waals surface area (Å²) in [5.41, 5.74) is 17.7. The molecular weight excluding hydrogens is 419 g/mol. The van der Waals surface area contributed by atoms with Crippen molar-refractivity contribution >= 4 is 35.3 Å². The van der Waals surface area contributed by atoms with Crippen LogP contribution in [0.2, 0.25) is 0 Å². The molecular formula is C34H37B. The van der Waals surface area contributed by atoms with Gasteiger partial charge in [-0.1, -0.05) is 140 Å². The lowest BCUT2D eigenvalue weighted by Gasteiger charge is -2.27. The molecule has 0 saturated carbocycles. The van der Waals surface area contributed by atoms with Crippen LogP contribution in [0.15, 0.2) is 66.7 Å². The van der Waals surface area contributed by atoms with E-state index in [-0.39, 0.29) is 6.71 Å². The smallest absolute Gasteiger partial charge is 0.0629 e. The molecule has 4 aromatic rings. The van der Waals surface area contributed by atoms with E-state index in [0.717, 1.165) is 0 Å². The van der Waals surface area contributed by atoms with E-state index in [1.165, 1.54) is 72.0 Å². The molecule has 0 spiro atoms. The maximum Gasteiger partial charge on any atom is 0.243 e. The molecule has 0 aliphatic carbocycles. The molecule has 1 heteroatoms. The lowest BCUT2D eigenvalue weighted by molar-refractivity contribution is 1.33. The molecule has 0 nitrogen and oxygen atoms in total. The zero-order chi connectivity index (χ0) is 25.3. The molecule has 0 aromatic heterocycles. The Balaban J connectivity index is 1.93. The van der Waals surface area contributed by atoms with E-state index in [4.69, 9.17) is 0 Å². The summed E-state index contributed by atoms with van der Waals surface area (Å²) in [5, 5.41) is 0. The Bertz CT molecular complexity index is 1280. The summed E-state index contributed by atoms with van der Waals surface area (Å²) in [6, 6.07) is 24.6. The molecule has 0 unspecified atom stereocenters. The molecule has 0 radical (unpaired) electrons. The van der Waals surface area contributed by atoms with Crippen LogP contribution in [0, 0.1) is 55.4 Å². The minimum Gasteiger partial charge on any atom is -0.0629 e. The van der Waals surface area contributed by atoms with Crippen molar-refractivity contribution in [3.05, 3.63) is 122 Å². The van der Waals surface area contributed by atoms with E-state index in [2.05, 4.69) is 134 Å². The van der Waals surface area contributed by atoms with Crippen molar-refractivity contribution in [2.24, 2.45) is 0 Å². The summed E-state index contributed by atoms with van der Waals surface area (Å²) < 4.78 is 0. The molecule has 0 aliphatic rings. The summed E-state index contributed by atoms with van der Waals surface area (Å²) in [5.74, 6) is 0. The molecule has 0 saturated heterocycles. The van der Waals surface area contributed by atoms with Gasteiger partial charge in [-0.3, -0.25) is 0 Å². The SMILES string of the molecule is Cc1cc(C)c(B(c2c(C)cc(C)cc2C)c2c(C)cc(/C=C/c3ccccc3)cc2C)c(C)c1. The highest BCUT2D eigenvalue weighted by molar-refractivity contribution is 6.97. The number of hydrogen-bond donors (Lipinski definition) is 0. The first-order valence-electron chi connectivity index (χ1n) is 12.7. The van der Waals surface area contributed by atoms with Gasteiger partial charge in [0.1, 0.15) is 0 Å². The van der Waals surface area contributed by atoms with E-state index >= 15 is 0 Å². The third-order valence-electron chi connectivity index (χ3n) is 7.23. The fourth-order valence-corrected chi connectivity index (χ4v) is 6.04. The maximum atomic E-state index is 2.35. The van der Waals surface area contributed by atoms with Gasteiger partial charge in [-0.25, -0.2) is 0 Å². The van der Waals surface area contributed by atoms with Crippen LogP contribution in [-0.2, 0) is 0 Å². The number of rotatable bonds is 5. The van der Waals surface area contributed by atoms with E-state index < -0.39 is 0 Å². The Morgan fingerprint density at radius 2 is 0.771 bits per heavy atom. The highest BCUT2D eigenvalue weighted by Gasteiger charge is 2.30. The summed E-state index contributed by atoms with van der Waals surface area (Å²) in [6.07, 6.45) is 4.44. The van der Waals surface area contributed by atoms with Gasteiger partial charge in [0.2, 0.25) is 6.71 Å². The largest absolute Gasteiger partial charge is 0.243 e. The summed E-state index contributed by atoms with van der Waals surface area (Å²) in [7, 11) is 0. The van der Waals surface area contributed by atoms with Gasteiger partial charge in [0.15, 0.2) is 0 Å². The van der Waals surface area contributed by atoms with Crippen molar-refractivity contribution in [3.8, 4) is 0 Å².